The Bertz CT molecular complexity index is 167. The van der Waals surface area contributed by atoms with Crippen LogP contribution in [0.4, 0.5) is 0 Å². The molecular formula is C11H22O2S. The summed E-state index contributed by atoms with van der Waals surface area (Å²) >= 11 is 1.39. The second-order valence-corrected chi connectivity index (χ2v) is 5.18. The molecule has 0 bridgehead atoms. The Morgan fingerprint density at radius 2 is 2.07 bits per heavy atom. The van der Waals surface area contributed by atoms with Crippen molar-refractivity contribution in [1.82, 2.24) is 0 Å². The summed E-state index contributed by atoms with van der Waals surface area (Å²) in [6.07, 6.45) is 3.27. The van der Waals surface area contributed by atoms with Crippen LogP contribution in [0.15, 0.2) is 0 Å². The number of carbonyl (C=O) groups excluding carboxylic acids is 1. The molecule has 84 valence electrons. The van der Waals surface area contributed by atoms with Gasteiger partial charge in [0, 0.05) is 18.3 Å². The lowest BCUT2D eigenvalue weighted by Crippen LogP contribution is -2.22. The maximum absolute atomic E-state index is 11.8. The average molecular weight is 218 g/mol. The van der Waals surface area contributed by atoms with Crippen molar-refractivity contribution in [2.75, 3.05) is 19.5 Å². The van der Waals surface area contributed by atoms with E-state index in [1.54, 1.807) is 7.11 Å². The van der Waals surface area contributed by atoms with Gasteiger partial charge in [-0.25, -0.2) is 0 Å². The number of rotatable bonds is 7. The molecule has 0 spiro atoms. The molecule has 0 saturated heterocycles. The lowest BCUT2D eigenvalue weighted by atomic mass is 9.89. The van der Waals surface area contributed by atoms with Gasteiger partial charge in [0.25, 0.3) is 0 Å². The molecule has 2 nitrogen and oxygen atoms in total. The number of unbranched alkanes of at least 4 members (excludes halogenated alkanes) is 1. The first-order valence-corrected chi connectivity index (χ1v) is 6.19. The minimum Gasteiger partial charge on any atom is -0.384 e. The van der Waals surface area contributed by atoms with Crippen molar-refractivity contribution < 1.29 is 9.53 Å². The van der Waals surface area contributed by atoms with Crippen molar-refractivity contribution in [2.24, 2.45) is 5.41 Å². The van der Waals surface area contributed by atoms with Gasteiger partial charge >= 0.3 is 0 Å². The van der Waals surface area contributed by atoms with Gasteiger partial charge in [0.1, 0.15) is 0 Å². The van der Waals surface area contributed by atoms with Crippen LogP contribution in [0.1, 0.15) is 40.0 Å². The van der Waals surface area contributed by atoms with Crippen LogP contribution < -0.4 is 0 Å². The molecule has 0 atom stereocenters. The molecule has 0 unspecified atom stereocenters. The van der Waals surface area contributed by atoms with Crippen molar-refractivity contribution in [3.63, 3.8) is 0 Å². The molecular weight excluding hydrogens is 196 g/mol. The largest absolute Gasteiger partial charge is 0.384 e. The monoisotopic (exact) mass is 218 g/mol. The zero-order chi connectivity index (χ0) is 11.0. The maximum atomic E-state index is 11.8. The molecule has 0 rings (SSSR count). The highest BCUT2D eigenvalue weighted by atomic mass is 32.2. The van der Waals surface area contributed by atoms with Crippen LogP contribution in [0.3, 0.4) is 0 Å². The molecule has 0 aliphatic carbocycles. The van der Waals surface area contributed by atoms with Gasteiger partial charge in [-0.2, -0.15) is 0 Å². The predicted molar refractivity (Wildman–Crippen MR) is 62.6 cm³/mol. The molecule has 14 heavy (non-hydrogen) atoms. The zero-order valence-electron chi connectivity index (χ0n) is 9.76. The third kappa shape index (κ3) is 5.66. The fourth-order valence-electron chi connectivity index (χ4n) is 1.13. The quantitative estimate of drug-likeness (QED) is 0.614. The van der Waals surface area contributed by atoms with Gasteiger partial charge in [0.15, 0.2) is 5.12 Å². The maximum Gasteiger partial charge on any atom is 0.194 e. The summed E-state index contributed by atoms with van der Waals surface area (Å²) in [5.74, 6) is 0.769. The molecule has 0 heterocycles. The van der Waals surface area contributed by atoms with E-state index >= 15 is 0 Å². The molecule has 0 saturated carbocycles. The van der Waals surface area contributed by atoms with Crippen LogP contribution in [0, 0.1) is 5.41 Å². The third-order valence-corrected chi connectivity index (χ3v) is 3.41. The van der Waals surface area contributed by atoms with Gasteiger partial charge in [-0.15, -0.1) is 0 Å². The second-order valence-electron chi connectivity index (χ2n) is 4.12. The average Bonchev–Trinajstić information content (AvgIpc) is 2.15. The Labute approximate surface area is 91.8 Å². The second kappa shape index (κ2) is 7.30. The number of ether oxygens (including phenoxy) is 1. The molecule has 3 heteroatoms. The normalized spacial score (nSPS) is 11.7. The molecule has 0 aromatic heterocycles. The Hall–Kier alpha value is -0.0200. The Morgan fingerprint density at radius 1 is 1.43 bits per heavy atom. The van der Waals surface area contributed by atoms with Crippen LogP contribution in [-0.4, -0.2) is 24.6 Å². The van der Waals surface area contributed by atoms with Crippen molar-refractivity contribution >= 4 is 16.9 Å². The van der Waals surface area contributed by atoms with E-state index in [4.69, 9.17) is 4.74 Å². The van der Waals surface area contributed by atoms with E-state index in [-0.39, 0.29) is 5.41 Å². The molecule has 0 N–H and O–H groups in total. The van der Waals surface area contributed by atoms with E-state index in [1.165, 1.54) is 11.8 Å². The molecule has 0 fully saturated rings. The van der Waals surface area contributed by atoms with Gasteiger partial charge in [-0.05, 0) is 6.42 Å². The van der Waals surface area contributed by atoms with Crippen LogP contribution in [0.5, 0.6) is 0 Å². The molecule has 0 aromatic carbocycles. The summed E-state index contributed by atoms with van der Waals surface area (Å²) in [7, 11) is 1.66. The Balaban J connectivity index is 3.82. The first-order valence-electron chi connectivity index (χ1n) is 5.20. The van der Waals surface area contributed by atoms with Gasteiger partial charge in [-0.1, -0.05) is 45.4 Å². The first-order chi connectivity index (χ1) is 6.54. The van der Waals surface area contributed by atoms with E-state index in [1.807, 2.05) is 13.8 Å². The molecule has 0 radical (unpaired) electrons. The molecule has 0 aliphatic heterocycles. The van der Waals surface area contributed by atoms with Crippen molar-refractivity contribution in [2.45, 2.75) is 40.0 Å². The van der Waals surface area contributed by atoms with Gasteiger partial charge in [-0.3, -0.25) is 4.79 Å². The number of hydrogen-bond acceptors (Lipinski definition) is 3. The van der Waals surface area contributed by atoms with Gasteiger partial charge < -0.3 is 4.74 Å². The van der Waals surface area contributed by atoms with E-state index in [9.17, 15) is 4.79 Å². The minimum absolute atomic E-state index is 0.172. The van der Waals surface area contributed by atoms with Crippen molar-refractivity contribution in [3.05, 3.63) is 0 Å². The topological polar surface area (TPSA) is 26.3 Å². The summed E-state index contributed by atoms with van der Waals surface area (Å²) < 4.78 is 4.91. The van der Waals surface area contributed by atoms with Crippen LogP contribution >= 0.6 is 11.8 Å². The molecule has 0 aromatic rings. The standard InChI is InChI=1S/C11H22O2S/c1-5-6-7-11(2,3)10(12)14-9-8-13-4/h5-9H2,1-4H3. The van der Waals surface area contributed by atoms with Gasteiger partial charge in [0.05, 0.1) is 6.61 Å². The van der Waals surface area contributed by atoms with E-state index in [0.29, 0.717) is 11.7 Å². The zero-order valence-corrected chi connectivity index (χ0v) is 10.6. The summed E-state index contributed by atoms with van der Waals surface area (Å²) in [6.45, 7) is 6.87. The SMILES string of the molecule is CCCCC(C)(C)C(=O)SCCOC. The van der Waals surface area contributed by atoms with E-state index in [0.717, 1.165) is 25.0 Å². The Morgan fingerprint density at radius 3 is 2.57 bits per heavy atom. The lowest BCUT2D eigenvalue weighted by Gasteiger charge is -2.21. The highest BCUT2D eigenvalue weighted by Crippen LogP contribution is 2.29. The highest BCUT2D eigenvalue weighted by molar-refractivity contribution is 8.13. The van der Waals surface area contributed by atoms with E-state index < -0.39 is 0 Å². The number of thioether (sulfide) groups is 1. The predicted octanol–water partition coefficient (Wildman–Crippen LogP) is 3.11. The highest BCUT2D eigenvalue weighted by Gasteiger charge is 2.26. The summed E-state index contributed by atoms with van der Waals surface area (Å²) in [5, 5.41) is 0.294. The van der Waals surface area contributed by atoms with Crippen molar-refractivity contribution in [1.29, 1.82) is 0 Å². The Kier molecular flexibility index (Phi) is 7.28. The fraction of sp³-hybridized carbons (Fsp3) is 0.909. The summed E-state index contributed by atoms with van der Waals surface area (Å²) in [4.78, 5) is 11.8. The number of carbonyl (C=O) groups is 1. The van der Waals surface area contributed by atoms with Crippen molar-refractivity contribution in [3.8, 4) is 0 Å². The smallest absolute Gasteiger partial charge is 0.194 e. The van der Waals surface area contributed by atoms with Crippen LogP contribution in [-0.2, 0) is 9.53 Å². The molecule has 0 amide bonds. The van der Waals surface area contributed by atoms with E-state index in [2.05, 4.69) is 6.92 Å². The lowest BCUT2D eigenvalue weighted by molar-refractivity contribution is -0.118. The van der Waals surface area contributed by atoms with Gasteiger partial charge in [0.2, 0.25) is 0 Å². The van der Waals surface area contributed by atoms with Crippen LogP contribution in [0.25, 0.3) is 0 Å². The minimum atomic E-state index is -0.172. The molecule has 0 aliphatic rings. The summed E-state index contributed by atoms with van der Waals surface area (Å²) in [6, 6.07) is 0. The van der Waals surface area contributed by atoms with Crippen LogP contribution in [0.2, 0.25) is 0 Å². The number of methoxy groups -OCH3 is 1. The third-order valence-electron chi connectivity index (χ3n) is 2.23. The fourth-order valence-corrected chi connectivity index (χ4v) is 2.06. The first kappa shape index (κ1) is 14.0. The number of hydrogen-bond donors (Lipinski definition) is 0. The summed E-state index contributed by atoms with van der Waals surface area (Å²) in [5.41, 5.74) is -0.172.